The normalized spacial score (nSPS) is 14.3. The van der Waals surface area contributed by atoms with Crippen molar-refractivity contribution < 1.29 is 9.53 Å². The molecule has 34 heavy (non-hydrogen) atoms. The Morgan fingerprint density at radius 2 is 2.06 bits per heavy atom. The number of hydrogen-bond donors (Lipinski definition) is 1. The number of aromatic nitrogens is 5. The number of hydrogen-bond acceptors (Lipinski definition) is 6. The molecule has 0 radical (unpaired) electrons. The number of imidazole rings is 1. The van der Waals surface area contributed by atoms with Crippen LogP contribution in [0.3, 0.4) is 0 Å². The number of aryl methyl sites for hydroxylation is 2. The van der Waals surface area contributed by atoms with E-state index in [1.165, 1.54) is 6.33 Å². The maximum absolute atomic E-state index is 11.3. The van der Waals surface area contributed by atoms with Crippen LogP contribution in [0.25, 0.3) is 22.6 Å². The summed E-state index contributed by atoms with van der Waals surface area (Å²) in [5.74, 6) is 0.696. The molecule has 0 aliphatic heterocycles. The zero-order valence-corrected chi connectivity index (χ0v) is 20.8. The molecule has 2 N–H and O–H groups in total. The Morgan fingerprint density at radius 3 is 2.76 bits per heavy atom. The van der Waals surface area contributed by atoms with Crippen LogP contribution in [-0.4, -0.2) is 36.0 Å². The van der Waals surface area contributed by atoms with Crippen LogP contribution in [0.2, 0.25) is 5.02 Å². The molecule has 0 saturated heterocycles. The van der Waals surface area contributed by atoms with Crippen LogP contribution in [0.15, 0.2) is 47.3 Å². The molecular weight excluding hydrogens is 520 g/mol. The molecule has 1 fully saturated rings. The fourth-order valence-electron chi connectivity index (χ4n) is 3.79. The molecule has 1 saturated carbocycles. The molecule has 0 bridgehead atoms. The zero-order chi connectivity index (χ0) is 23.9. The van der Waals surface area contributed by atoms with E-state index in [1.807, 2.05) is 34.9 Å². The van der Waals surface area contributed by atoms with Gasteiger partial charge in [0.2, 0.25) is 11.8 Å². The van der Waals surface area contributed by atoms with E-state index >= 15 is 0 Å². The number of nitrogens with two attached hydrogens (primary N) is 1. The average molecular weight is 542 g/mol. The van der Waals surface area contributed by atoms with E-state index < -0.39 is 5.91 Å². The highest BCUT2D eigenvalue weighted by molar-refractivity contribution is 9.10. The lowest BCUT2D eigenvalue weighted by atomic mass is 10.1. The number of carbonyl (C=O) groups excluding carboxylic acids is 1. The van der Waals surface area contributed by atoms with Crippen molar-refractivity contribution in [1.82, 2.24) is 24.5 Å². The summed E-state index contributed by atoms with van der Waals surface area (Å²) in [6, 6.07) is 11.3. The van der Waals surface area contributed by atoms with Crippen molar-refractivity contribution in [2.75, 3.05) is 0 Å². The van der Waals surface area contributed by atoms with Gasteiger partial charge in [0.05, 0.1) is 11.4 Å². The lowest BCUT2D eigenvalue weighted by molar-refractivity contribution is -0.117. The molecule has 1 amide bonds. The Bertz CT molecular complexity index is 1400. The number of carbonyl (C=O) groups is 1. The summed E-state index contributed by atoms with van der Waals surface area (Å²) >= 11 is 10.1. The molecule has 3 aromatic heterocycles. The van der Waals surface area contributed by atoms with E-state index in [0.717, 1.165) is 34.3 Å². The molecule has 1 aromatic carbocycles. The standard InChI is InChI=1S/C24H22BrClN6O2/c1-24(8-9-24)34-23-20-22(28-13-29-23)32(10-7-15-3-2-4-18(25)30-15)21(31-20)16-6-5-14(11-17(16)26)12-19(27)33/h2-6,11,13H,7-10,12H2,1H3,(H2,27,33). The summed E-state index contributed by atoms with van der Waals surface area (Å²) in [7, 11) is 0. The number of halogens is 2. The van der Waals surface area contributed by atoms with Gasteiger partial charge in [-0.2, -0.15) is 4.98 Å². The van der Waals surface area contributed by atoms with E-state index in [4.69, 9.17) is 27.1 Å². The van der Waals surface area contributed by atoms with Crippen LogP contribution in [0.5, 0.6) is 5.88 Å². The van der Waals surface area contributed by atoms with Crippen LogP contribution in [-0.2, 0) is 24.2 Å². The maximum atomic E-state index is 11.3. The van der Waals surface area contributed by atoms with Gasteiger partial charge in [-0.15, -0.1) is 0 Å². The highest BCUT2D eigenvalue weighted by Gasteiger charge is 2.41. The van der Waals surface area contributed by atoms with Crippen LogP contribution >= 0.6 is 27.5 Å². The first kappa shape index (κ1) is 22.7. The fraction of sp³-hybridized carbons (Fsp3) is 0.292. The van der Waals surface area contributed by atoms with Crippen molar-refractivity contribution in [3.05, 3.63) is 63.6 Å². The molecule has 0 unspecified atom stereocenters. The SMILES string of the molecule is CC1(Oc2ncnc3c2nc(-c2ccc(CC(N)=O)cc2Cl)n3CCc2cccc(Br)n2)CC1. The smallest absolute Gasteiger partial charge is 0.245 e. The molecule has 5 rings (SSSR count). The fourth-order valence-corrected chi connectivity index (χ4v) is 4.45. The third kappa shape index (κ3) is 4.76. The van der Waals surface area contributed by atoms with Crippen molar-refractivity contribution in [2.24, 2.45) is 5.73 Å². The number of primary amides is 1. The molecule has 0 atom stereocenters. The van der Waals surface area contributed by atoms with Crippen LogP contribution < -0.4 is 10.5 Å². The van der Waals surface area contributed by atoms with E-state index in [0.29, 0.717) is 40.9 Å². The summed E-state index contributed by atoms with van der Waals surface area (Å²) in [5, 5.41) is 0.473. The molecule has 4 aromatic rings. The Kier molecular flexibility index (Phi) is 5.99. The number of fused-ring (bicyclic) bond motifs is 1. The van der Waals surface area contributed by atoms with Gasteiger partial charge in [-0.1, -0.05) is 23.7 Å². The lowest BCUT2D eigenvalue weighted by Gasteiger charge is -2.12. The summed E-state index contributed by atoms with van der Waals surface area (Å²) in [4.78, 5) is 29.7. The van der Waals surface area contributed by atoms with Gasteiger partial charge in [-0.25, -0.2) is 15.0 Å². The monoisotopic (exact) mass is 540 g/mol. The van der Waals surface area contributed by atoms with E-state index in [-0.39, 0.29) is 12.0 Å². The topological polar surface area (TPSA) is 109 Å². The average Bonchev–Trinajstić information content (AvgIpc) is 3.38. The second-order valence-electron chi connectivity index (χ2n) is 8.65. The van der Waals surface area contributed by atoms with Gasteiger partial charge >= 0.3 is 0 Å². The molecule has 8 nitrogen and oxygen atoms in total. The Hall–Kier alpha value is -3.04. The lowest BCUT2D eigenvalue weighted by Crippen LogP contribution is -2.13. The van der Waals surface area contributed by atoms with Gasteiger partial charge in [-0.3, -0.25) is 4.79 Å². The van der Waals surface area contributed by atoms with Gasteiger partial charge in [0.1, 0.15) is 22.4 Å². The largest absolute Gasteiger partial charge is 0.470 e. The predicted octanol–water partition coefficient (Wildman–Crippen LogP) is 4.51. The Balaban J connectivity index is 1.59. The second kappa shape index (κ2) is 8.96. The van der Waals surface area contributed by atoms with Gasteiger partial charge in [0, 0.05) is 24.2 Å². The Labute approximate surface area is 209 Å². The predicted molar refractivity (Wildman–Crippen MR) is 133 cm³/mol. The number of nitrogens with zero attached hydrogens (tertiary/aromatic N) is 5. The first-order valence-electron chi connectivity index (χ1n) is 10.9. The Morgan fingerprint density at radius 1 is 1.24 bits per heavy atom. The minimum Gasteiger partial charge on any atom is -0.470 e. The molecule has 10 heteroatoms. The van der Waals surface area contributed by atoms with Crippen molar-refractivity contribution in [2.45, 2.75) is 44.8 Å². The third-order valence-corrected chi connectivity index (χ3v) is 6.57. The van der Waals surface area contributed by atoms with Gasteiger partial charge in [-0.05, 0) is 65.5 Å². The molecule has 174 valence electrons. The highest BCUT2D eigenvalue weighted by Crippen LogP contribution is 2.41. The minimum absolute atomic E-state index is 0.118. The number of benzene rings is 1. The van der Waals surface area contributed by atoms with E-state index in [1.54, 1.807) is 6.07 Å². The van der Waals surface area contributed by atoms with Crippen molar-refractivity contribution in [3.8, 4) is 17.3 Å². The first-order valence-corrected chi connectivity index (χ1v) is 12.1. The number of pyridine rings is 1. The molecule has 1 aliphatic carbocycles. The number of amides is 1. The summed E-state index contributed by atoms with van der Waals surface area (Å²) in [5.41, 5.74) is 8.78. The van der Waals surface area contributed by atoms with Gasteiger partial charge < -0.3 is 15.0 Å². The van der Waals surface area contributed by atoms with Crippen molar-refractivity contribution >= 4 is 44.6 Å². The highest BCUT2D eigenvalue weighted by atomic mass is 79.9. The van der Waals surface area contributed by atoms with Crippen LogP contribution in [0.4, 0.5) is 0 Å². The van der Waals surface area contributed by atoms with E-state index in [2.05, 4.69) is 37.8 Å². The first-order chi connectivity index (χ1) is 16.3. The maximum Gasteiger partial charge on any atom is 0.245 e. The summed E-state index contributed by atoms with van der Waals surface area (Å²) < 4.78 is 8.96. The number of ether oxygens (including phenoxy) is 1. The van der Waals surface area contributed by atoms with Crippen LogP contribution in [0.1, 0.15) is 31.0 Å². The van der Waals surface area contributed by atoms with Gasteiger partial charge in [0.25, 0.3) is 0 Å². The molecule has 1 aliphatic rings. The van der Waals surface area contributed by atoms with Crippen molar-refractivity contribution in [1.29, 1.82) is 0 Å². The molecule has 0 spiro atoms. The third-order valence-electron chi connectivity index (χ3n) is 5.81. The summed E-state index contributed by atoms with van der Waals surface area (Å²) in [6.07, 6.45) is 4.24. The molecule has 3 heterocycles. The van der Waals surface area contributed by atoms with Gasteiger partial charge in [0.15, 0.2) is 11.2 Å². The number of rotatable bonds is 8. The quantitative estimate of drug-likeness (QED) is 0.329. The van der Waals surface area contributed by atoms with E-state index in [9.17, 15) is 4.79 Å². The van der Waals surface area contributed by atoms with Crippen LogP contribution in [0, 0.1) is 0 Å². The zero-order valence-electron chi connectivity index (χ0n) is 18.5. The summed E-state index contributed by atoms with van der Waals surface area (Å²) in [6.45, 7) is 2.63. The second-order valence-corrected chi connectivity index (χ2v) is 9.87. The van der Waals surface area contributed by atoms with Crippen molar-refractivity contribution in [3.63, 3.8) is 0 Å². The minimum atomic E-state index is -0.414. The molecular formula is C24H22BrClN6O2.